The molecule has 2 N–H and O–H groups in total. The van der Waals surface area contributed by atoms with E-state index >= 15 is 0 Å². The Balaban J connectivity index is 2.96. The van der Waals surface area contributed by atoms with E-state index < -0.39 is 5.97 Å². The number of furan rings is 1. The highest BCUT2D eigenvalue weighted by Gasteiger charge is 2.17. The summed E-state index contributed by atoms with van der Waals surface area (Å²) in [6, 6.07) is 1.50. The molecule has 0 radical (unpaired) electrons. The van der Waals surface area contributed by atoms with E-state index in [1.807, 2.05) is 13.8 Å². The molecule has 1 heterocycles. The molecule has 4 heteroatoms. The van der Waals surface area contributed by atoms with Crippen LogP contribution in [0.25, 0.3) is 0 Å². The molecule has 0 unspecified atom stereocenters. The number of carbonyl (C=O) groups is 1. The second-order valence-electron chi connectivity index (χ2n) is 3.58. The lowest BCUT2D eigenvalue weighted by Crippen LogP contribution is -2.04. The first-order valence-corrected chi connectivity index (χ1v) is 4.51. The molecule has 1 rings (SSSR count). The molecule has 0 aliphatic heterocycles. The van der Waals surface area contributed by atoms with E-state index in [-0.39, 0.29) is 5.88 Å². The van der Waals surface area contributed by atoms with Crippen molar-refractivity contribution in [3.8, 4) is 0 Å². The van der Waals surface area contributed by atoms with E-state index in [1.165, 1.54) is 13.2 Å². The van der Waals surface area contributed by atoms with Crippen LogP contribution < -0.4 is 5.73 Å². The summed E-state index contributed by atoms with van der Waals surface area (Å²) in [7, 11) is 1.34. The van der Waals surface area contributed by atoms with E-state index in [4.69, 9.17) is 10.2 Å². The number of nitrogen functional groups attached to an aromatic ring is 1. The number of ether oxygens (including phenoxy) is 1. The Morgan fingerprint density at radius 3 is 2.79 bits per heavy atom. The average molecular weight is 197 g/mol. The number of rotatable bonds is 3. The highest BCUT2D eigenvalue weighted by atomic mass is 16.5. The lowest BCUT2D eigenvalue weighted by atomic mass is 10.1. The smallest absolute Gasteiger partial charge is 0.341 e. The molecular formula is C10H15NO3. The molecule has 4 nitrogen and oxygen atoms in total. The van der Waals surface area contributed by atoms with Crippen LogP contribution in [0.15, 0.2) is 10.5 Å². The molecule has 0 aliphatic carbocycles. The normalized spacial score (nSPS) is 10.6. The molecule has 0 saturated heterocycles. The van der Waals surface area contributed by atoms with Crippen LogP contribution in [0.2, 0.25) is 0 Å². The molecular weight excluding hydrogens is 182 g/mol. The number of esters is 1. The van der Waals surface area contributed by atoms with Gasteiger partial charge in [0.2, 0.25) is 0 Å². The number of anilines is 1. The first-order valence-electron chi connectivity index (χ1n) is 4.51. The third-order valence-electron chi connectivity index (χ3n) is 1.83. The molecule has 1 aromatic rings. The molecule has 1 aromatic heterocycles. The first-order chi connectivity index (χ1) is 6.54. The molecule has 0 aromatic carbocycles. The van der Waals surface area contributed by atoms with E-state index in [2.05, 4.69) is 4.74 Å². The van der Waals surface area contributed by atoms with Gasteiger partial charge in [-0.15, -0.1) is 0 Å². The van der Waals surface area contributed by atoms with Gasteiger partial charge in [0, 0.05) is 12.5 Å². The second-order valence-corrected chi connectivity index (χ2v) is 3.58. The van der Waals surface area contributed by atoms with Crippen LogP contribution in [0.5, 0.6) is 0 Å². The minimum Gasteiger partial charge on any atom is -0.465 e. The number of hydrogen-bond acceptors (Lipinski definition) is 4. The fraction of sp³-hybridized carbons (Fsp3) is 0.500. The monoisotopic (exact) mass is 197 g/mol. The van der Waals surface area contributed by atoms with Gasteiger partial charge in [0.25, 0.3) is 0 Å². The average Bonchev–Trinajstić information content (AvgIpc) is 2.44. The zero-order chi connectivity index (χ0) is 10.7. The van der Waals surface area contributed by atoms with Crippen molar-refractivity contribution in [3.63, 3.8) is 0 Å². The van der Waals surface area contributed by atoms with Gasteiger partial charge in [-0.1, -0.05) is 13.8 Å². The van der Waals surface area contributed by atoms with Crippen molar-refractivity contribution in [3.05, 3.63) is 17.4 Å². The predicted molar refractivity (Wildman–Crippen MR) is 53.0 cm³/mol. The van der Waals surface area contributed by atoms with Crippen molar-refractivity contribution in [2.45, 2.75) is 20.3 Å². The molecule has 0 saturated carbocycles. The maximum Gasteiger partial charge on any atom is 0.341 e. The van der Waals surface area contributed by atoms with Crippen LogP contribution in [0.1, 0.15) is 30.0 Å². The third kappa shape index (κ3) is 2.28. The Bertz CT molecular complexity index is 328. The number of methoxy groups -OCH3 is 1. The van der Waals surface area contributed by atoms with Gasteiger partial charge >= 0.3 is 5.97 Å². The Hall–Kier alpha value is -1.45. The summed E-state index contributed by atoms with van der Waals surface area (Å²) in [5.41, 5.74) is 5.90. The first kappa shape index (κ1) is 10.6. The van der Waals surface area contributed by atoms with Gasteiger partial charge in [-0.25, -0.2) is 4.79 Å². The van der Waals surface area contributed by atoms with Gasteiger partial charge in [-0.2, -0.15) is 0 Å². The number of nitrogens with two attached hydrogens (primary N) is 1. The highest BCUT2D eigenvalue weighted by molar-refractivity contribution is 5.91. The number of carbonyl (C=O) groups excluding carboxylic acids is 1. The summed E-state index contributed by atoms with van der Waals surface area (Å²) in [5, 5.41) is 0. The molecule has 0 amide bonds. The summed E-state index contributed by atoms with van der Waals surface area (Å²) < 4.78 is 9.84. The van der Waals surface area contributed by atoms with Crippen LogP contribution in [-0.2, 0) is 11.2 Å². The topological polar surface area (TPSA) is 65.5 Å². The maximum atomic E-state index is 11.3. The van der Waals surface area contributed by atoms with E-state index in [9.17, 15) is 4.79 Å². The Kier molecular flexibility index (Phi) is 3.17. The van der Waals surface area contributed by atoms with E-state index in [0.717, 1.165) is 0 Å². The van der Waals surface area contributed by atoms with Gasteiger partial charge in [-0.05, 0) is 5.92 Å². The Morgan fingerprint density at radius 2 is 2.29 bits per heavy atom. The lowest BCUT2D eigenvalue weighted by Gasteiger charge is -2.03. The van der Waals surface area contributed by atoms with Gasteiger partial charge < -0.3 is 14.9 Å². The summed E-state index contributed by atoms with van der Waals surface area (Å²) in [6.07, 6.45) is 0.682. The highest BCUT2D eigenvalue weighted by Crippen LogP contribution is 2.21. The summed E-state index contributed by atoms with van der Waals surface area (Å²) in [6.45, 7) is 4.08. The Morgan fingerprint density at radius 1 is 1.64 bits per heavy atom. The summed E-state index contributed by atoms with van der Waals surface area (Å²) >= 11 is 0. The molecule has 14 heavy (non-hydrogen) atoms. The van der Waals surface area contributed by atoms with Gasteiger partial charge in [0.15, 0.2) is 5.88 Å². The van der Waals surface area contributed by atoms with Crippen LogP contribution >= 0.6 is 0 Å². The summed E-state index contributed by atoms with van der Waals surface area (Å²) in [5.74, 6) is 0.857. The van der Waals surface area contributed by atoms with Crippen LogP contribution in [0, 0.1) is 5.92 Å². The lowest BCUT2D eigenvalue weighted by molar-refractivity contribution is 0.0598. The molecule has 0 aliphatic rings. The second kappa shape index (κ2) is 4.17. The fourth-order valence-electron chi connectivity index (χ4n) is 1.25. The molecule has 0 fully saturated rings. The minimum absolute atomic E-state index is 0.251. The third-order valence-corrected chi connectivity index (χ3v) is 1.83. The van der Waals surface area contributed by atoms with Crippen molar-refractivity contribution < 1.29 is 13.9 Å². The van der Waals surface area contributed by atoms with Crippen LogP contribution in [-0.4, -0.2) is 13.1 Å². The van der Waals surface area contributed by atoms with Crippen molar-refractivity contribution in [2.75, 3.05) is 12.8 Å². The van der Waals surface area contributed by atoms with Gasteiger partial charge in [-0.3, -0.25) is 0 Å². The zero-order valence-electron chi connectivity index (χ0n) is 8.66. The predicted octanol–water partition coefficient (Wildman–Crippen LogP) is 1.85. The Labute approximate surface area is 83.0 Å². The van der Waals surface area contributed by atoms with Crippen molar-refractivity contribution in [2.24, 2.45) is 5.92 Å². The van der Waals surface area contributed by atoms with Crippen molar-refractivity contribution in [1.29, 1.82) is 0 Å². The zero-order valence-corrected chi connectivity index (χ0v) is 8.66. The van der Waals surface area contributed by atoms with Crippen LogP contribution in [0.3, 0.4) is 0 Å². The number of hydrogen-bond donors (Lipinski definition) is 1. The van der Waals surface area contributed by atoms with Gasteiger partial charge in [0.1, 0.15) is 11.3 Å². The van der Waals surface area contributed by atoms with E-state index in [0.29, 0.717) is 23.7 Å². The maximum absolute atomic E-state index is 11.3. The standard InChI is InChI=1S/C10H15NO3/c1-6(2)4-8-7(10(12)13-3)5-9(11)14-8/h5-6H,4,11H2,1-3H3. The fourth-order valence-corrected chi connectivity index (χ4v) is 1.25. The van der Waals surface area contributed by atoms with E-state index in [1.54, 1.807) is 0 Å². The summed E-state index contributed by atoms with van der Waals surface area (Å²) in [4.78, 5) is 11.3. The molecule has 0 bridgehead atoms. The molecule has 0 atom stereocenters. The SMILES string of the molecule is COC(=O)c1cc(N)oc1CC(C)C. The van der Waals surface area contributed by atoms with Crippen LogP contribution in [0.4, 0.5) is 5.88 Å². The molecule has 78 valence electrons. The molecule has 0 spiro atoms. The minimum atomic E-state index is -0.402. The largest absolute Gasteiger partial charge is 0.465 e. The quantitative estimate of drug-likeness (QED) is 0.751. The van der Waals surface area contributed by atoms with Gasteiger partial charge in [0.05, 0.1) is 7.11 Å². The van der Waals surface area contributed by atoms with Crippen molar-refractivity contribution in [1.82, 2.24) is 0 Å². The van der Waals surface area contributed by atoms with Crippen molar-refractivity contribution >= 4 is 11.9 Å².